The van der Waals surface area contributed by atoms with Gasteiger partial charge in [-0.1, -0.05) is 18.3 Å². The van der Waals surface area contributed by atoms with Gasteiger partial charge in [-0.25, -0.2) is 0 Å². The van der Waals surface area contributed by atoms with Crippen molar-refractivity contribution in [2.45, 2.75) is 20.3 Å². The molecule has 0 aliphatic carbocycles. The van der Waals surface area contributed by atoms with E-state index < -0.39 is 0 Å². The van der Waals surface area contributed by atoms with Gasteiger partial charge in [0, 0.05) is 4.88 Å². The normalized spacial score (nSPS) is 10.4. The molecule has 0 saturated heterocycles. The van der Waals surface area contributed by atoms with Crippen LogP contribution in [-0.2, 0) is 6.42 Å². The van der Waals surface area contributed by atoms with Crippen molar-refractivity contribution >= 4 is 33.7 Å². The van der Waals surface area contributed by atoms with E-state index in [1.54, 1.807) is 5.51 Å². The Morgan fingerprint density at radius 1 is 1.56 bits per heavy atom. The third-order valence-corrected chi connectivity index (χ3v) is 4.13. The van der Waals surface area contributed by atoms with E-state index in [0.717, 1.165) is 11.3 Å². The Labute approximate surface area is 101 Å². The molecule has 0 fully saturated rings. The van der Waals surface area contributed by atoms with Crippen molar-refractivity contribution in [1.29, 1.82) is 0 Å². The lowest BCUT2D eigenvalue weighted by atomic mass is 10.2. The number of carbonyl (C=O) groups excluding carboxylic acids is 1. The molecule has 0 atom stereocenters. The summed E-state index contributed by atoms with van der Waals surface area (Å²) in [5.74, 6) is -0.107. The Morgan fingerprint density at radius 2 is 2.38 bits per heavy atom. The second kappa shape index (κ2) is 4.71. The summed E-state index contributed by atoms with van der Waals surface area (Å²) in [5.41, 5.74) is 2.77. The molecule has 0 spiro atoms. The van der Waals surface area contributed by atoms with Crippen LogP contribution < -0.4 is 5.32 Å². The van der Waals surface area contributed by atoms with Crippen LogP contribution in [0.1, 0.15) is 27.0 Å². The molecule has 0 saturated carbocycles. The van der Waals surface area contributed by atoms with Gasteiger partial charge >= 0.3 is 0 Å². The topological polar surface area (TPSA) is 54.9 Å². The van der Waals surface area contributed by atoms with Crippen molar-refractivity contribution < 1.29 is 4.79 Å². The van der Waals surface area contributed by atoms with Gasteiger partial charge < -0.3 is 0 Å². The van der Waals surface area contributed by atoms with E-state index in [-0.39, 0.29) is 5.91 Å². The molecule has 2 aromatic heterocycles. The van der Waals surface area contributed by atoms with Crippen LogP contribution in [0, 0.1) is 6.92 Å². The number of hydrogen-bond donors (Lipinski definition) is 1. The Bertz CT molecular complexity index is 490. The molecule has 16 heavy (non-hydrogen) atoms. The van der Waals surface area contributed by atoms with E-state index in [4.69, 9.17) is 0 Å². The maximum absolute atomic E-state index is 11.8. The van der Waals surface area contributed by atoms with Gasteiger partial charge in [-0.3, -0.25) is 10.1 Å². The zero-order valence-electron chi connectivity index (χ0n) is 8.98. The highest BCUT2D eigenvalue weighted by Gasteiger charge is 2.12. The Balaban J connectivity index is 2.15. The minimum absolute atomic E-state index is 0.107. The number of nitrogens with zero attached hydrogens (tertiary/aromatic N) is 2. The van der Waals surface area contributed by atoms with Crippen LogP contribution in [0.5, 0.6) is 0 Å². The van der Waals surface area contributed by atoms with Gasteiger partial charge in [-0.15, -0.1) is 21.5 Å². The van der Waals surface area contributed by atoms with E-state index in [2.05, 4.69) is 22.4 Å². The molecule has 2 rings (SSSR count). The number of rotatable bonds is 3. The molecule has 6 heteroatoms. The second-order valence-electron chi connectivity index (χ2n) is 3.27. The van der Waals surface area contributed by atoms with Crippen LogP contribution in [-0.4, -0.2) is 16.1 Å². The number of hydrogen-bond acceptors (Lipinski definition) is 5. The van der Waals surface area contributed by atoms with Crippen molar-refractivity contribution in [3.63, 3.8) is 0 Å². The van der Waals surface area contributed by atoms with E-state index in [0.29, 0.717) is 5.13 Å². The number of nitrogens with one attached hydrogen (secondary N) is 1. The molecule has 2 aromatic rings. The van der Waals surface area contributed by atoms with Gasteiger partial charge in [-0.05, 0) is 25.0 Å². The van der Waals surface area contributed by atoms with E-state index in [1.807, 2.05) is 13.0 Å². The van der Waals surface area contributed by atoms with Crippen LogP contribution >= 0.6 is 22.7 Å². The number of aromatic nitrogens is 2. The fraction of sp³-hybridized carbons (Fsp3) is 0.300. The molecular formula is C10H11N3OS2. The summed E-state index contributed by atoms with van der Waals surface area (Å²) >= 11 is 2.85. The fourth-order valence-electron chi connectivity index (χ4n) is 1.37. The summed E-state index contributed by atoms with van der Waals surface area (Å²) in [7, 11) is 0. The zero-order valence-corrected chi connectivity index (χ0v) is 10.6. The van der Waals surface area contributed by atoms with Crippen LogP contribution in [0.3, 0.4) is 0 Å². The minimum atomic E-state index is -0.107. The number of aryl methyl sites for hydroxylation is 2. The number of anilines is 1. The van der Waals surface area contributed by atoms with E-state index in [9.17, 15) is 4.79 Å². The highest BCUT2D eigenvalue weighted by atomic mass is 32.1. The molecule has 0 aliphatic rings. The zero-order chi connectivity index (χ0) is 11.5. The van der Waals surface area contributed by atoms with Gasteiger partial charge in [-0.2, -0.15) is 0 Å². The summed E-state index contributed by atoms with van der Waals surface area (Å²) < 4.78 is 0. The monoisotopic (exact) mass is 253 g/mol. The standard InChI is InChI=1S/C10H11N3OS2/c1-3-7-6(2)4-8(16-7)9(14)12-10-13-11-5-15-10/h4-5H,3H2,1-2H3,(H,12,13,14). The molecule has 0 aliphatic heterocycles. The first-order chi connectivity index (χ1) is 7.70. The molecule has 0 bridgehead atoms. The average Bonchev–Trinajstić information content (AvgIpc) is 2.87. The van der Waals surface area contributed by atoms with Crippen molar-refractivity contribution in [3.8, 4) is 0 Å². The maximum Gasteiger partial charge on any atom is 0.267 e. The Hall–Kier alpha value is -1.27. The van der Waals surface area contributed by atoms with E-state index in [1.165, 1.54) is 33.1 Å². The molecule has 1 amide bonds. The summed E-state index contributed by atoms with van der Waals surface area (Å²) in [6.07, 6.45) is 0.961. The van der Waals surface area contributed by atoms with E-state index >= 15 is 0 Å². The van der Waals surface area contributed by atoms with Crippen molar-refractivity contribution in [3.05, 3.63) is 26.9 Å². The van der Waals surface area contributed by atoms with Crippen molar-refractivity contribution in [1.82, 2.24) is 10.2 Å². The van der Waals surface area contributed by atoms with Gasteiger partial charge in [0.25, 0.3) is 5.91 Å². The number of carbonyl (C=O) groups is 1. The lowest BCUT2D eigenvalue weighted by Gasteiger charge is -1.96. The van der Waals surface area contributed by atoms with Gasteiger partial charge in [0.15, 0.2) is 0 Å². The predicted molar refractivity (Wildman–Crippen MR) is 66.3 cm³/mol. The Morgan fingerprint density at radius 3 is 2.94 bits per heavy atom. The molecule has 0 aromatic carbocycles. The number of thiophene rings is 1. The summed E-state index contributed by atoms with van der Waals surface area (Å²) in [4.78, 5) is 13.8. The van der Waals surface area contributed by atoms with Gasteiger partial charge in [0.05, 0.1) is 4.88 Å². The van der Waals surface area contributed by atoms with Gasteiger partial charge in [0.2, 0.25) is 5.13 Å². The Kier molecular flexibility index (Phi) is 3.31. The largest absolute Gasteiger partial charge is 0.296 e. The summed E-state index contributed by atoms with van der Waals surface area (Å²) in [6, 6.07) is 1.92. The summed E-state index contributed by atoms with van der Waals surface area (Å²) in [6.45, 7) is 4.11. The molecular weight excluding hydrogens is 242 g/mol. The first kappa shape index (κ1) is 11.2. The molecule has 2 heterocycles. The highest BCUT2D eigenvalue weighted by molar-refractivity contribution is 7.15. The first-order valence-corrected chi connectivity index (χ1v) is 6.57. The fourth-order valence-corrected chi connectivity index (χ4v) is 2.82. The SMILES string of the molecule is CCc1sc(C(=O)Nc2nncs2)cc1C. The van der Waals surface area contributed by atoms with Crippen LogP contribution in [0.2, 0.25) is 0 Å². The highest BCUT2D eigenvalue weighted by Crippen LogP contribution is 2.23. The minimum Gasteiger partial charge on any atom is -0.296 e. The van der Waals surface area contributed by atoms with Crippen molar-refractivity contribution in [2.24, 2.45) is 0 Å². The van der Waals surface area contributed by atoms with Crippen LogP contribution in [0.25, 0.3) is 0 Å². The molecule has 0 radical (unpaired) electrons. The third kappa shape index (κ3) is 2.28. The second-order valence-corrected chi connectivity index (χ2v) is 5.24. The number of amides is 1. The molecule has 1 N–H and O–H groups in total. The van der Waals surface area contributed by atoms with Crippen LogP contribution in [0.15, 0.2) is 11.6 Å². The lowest BCUT2D eigenvalue weighted by Crippen LogP contribution is -2.09. The van der Waals surface area contributed by atoms with Gasteiger partial charge in [0.1, 0.15) is 5.51 Å². The van der Waals surface area contributed by atoms with Crippen molar-refractivity contribution in [2.75, 3.05) is 5.32 Å². The quantitative estimate of drug-likeness (QED) is 0.915. The average molecular weight is 253 g/mol. The lowest BCUT2D eigenvalue weighted by molar-refractivity contribution is 0.103. The van der Waals surface area contributed by atoms with Crippen LogP contribution in [0.4, 0.5) is 5.13 Å². The maximum atomic E-state index is 11.8. The molecule has 84 valence electrons. The first-order valence-electron chi connectivity index (χ1n) is 4.87. The smallest absolute Gasteiger partial charge is 0.267 e. The summed E-state index contributed by atoms with van der Waals surface area (Å²) in [5, 5.41) is 10.7. The molecule has 4 nitrogen and oxygen atoms in total. The third-order valence-electron chi connectivity index (χ3n) is 2.15. The predicted octanol–water partition coefficient (Wildman–Crippen LogP) is 2.72. The molecule has 0 unspecified atom stereocenters.